The molecule has 0 aromatic heterocycles. The molecule has 4 heteroatoms. The minimum absolute atomic E-state index is 0.00995. The number of nitrogens with one attached hydrogen (secondary N) is 1. The monoisotopic (exact) mass is 272 g/mol. The van der Waals surface area contributed by atoms with Crippen molar-refractivity contribution < 1.29 is 9.53 Å². The van der Waals surface area contributed by atoms with Gasteiger partial charge in [-0.25, -0.2) is 0 Å². The SMILES string of the molecule is O=C(C1COc2ccccc2C1)N1CC[C@H]2CNC[C@H]21. The Kier molecular flexibility index (Phi) is 2.91. The second-order valence-electron chi connectivity index (χ2n) is 6.13. The van der Waals surface area contributed by atoms with Crippen molar-refractivity contribution >= 4 is 5.91 Å². The van der Waals surface area contributed by atoms with Crippen molar-refractivity contribution in [3.05, 3.63) is 29.8 Å². The summed E-state index contributed by atoms with van der Waals surface area (Å²) < 4.78 is 5.76. The summed E-state index contributed by atoms with van der Waals surface area (Å²) in [5.41, 5.74) is 1.16. The van der Waals surface area contributed by atoms with E-state index < -0.39 is 0 Å². The quantitative estimate of drug-likeness (QED) is 0.831. The van der Waals surface area contributed by atoms with Crippen LogP contribution >= 0.6 is 0 Å². The van der Waals surface area contributed by atoms with E-state index in [0.717, 1.165) is 43.8 Å². The van der Waals surface area contributed by atoms with Gasteiger partial charge in [0.2, 0.25) is 5.91 Å². The van der Waals surface area contributed by atoms with Crippen LogP contribution in [0.2, 0.25) is 0 Å². The fourth-order valence-corrected chi connectivity index (χ4v) is 3.84. The Bertz CT molecular complexity index is 531. The van der Waals surface area contributed by atoms with Gasteiger partial charge < -0.3 is 15.0 Å². The maximum atomic E-state index is 12.8. The number of carbonyl (C=O) groups excluding carboxylic acids is 1. The van der Waals surface area contributed by atoms with E-state index in [-0.39, 0.29) is 11.8 Å². The number of rotatable bonds is 1. The zero-order valence-electron chi connectivity index (χ0n) is 11.5. The third-order valence-corrected chi connectivity index (χ3v) is 4.96. The molecule has 20 heavy (non-hydrogen) atoms. The standard InChI is InChI=1S/C16H20N2O2/c19-16(18-6-5-12-8-17-9-14(12)18)13-7-11-3-1-2-4-15(11)20-10-13/h1-4,12-14,17H,5-10H2/t12-,13?,14+/m0/s1. The second-order valence-corrected chi connectivity index (χ2v) is 6.13. The summed E-state index contributed by atoms with van der Waals surface area (Å²) in [7, 11) is 0. The number of para-hydroxylation sites is 1. The molecule has 3 atom stereocenters. The van der Waals surface area contributed by atoms with Gasteiger partial charge in [-0.05, 0) is 30.4 Å². The molecule has 4 rings (SSSR count). The van der Waals surface area contributed by atoms with Crippen molar-refractivity contribution in [2.24, 2.45) is 11.8 Å². The number of fused-ring (bicyclic) bond motifs is 2. The van der Waals surface area contributed by atoms with Crippen LogP contribution in [0.1, 0.15) is 12.0 Å². The predicted molar refractivity (Wildman–Crippen MR) is 75.6 cm³/mol. The maximum absolute atomic E-state index is 12.8. The van der Waals surface area contributed by atoms with Gasteiger partial charge in [-0.2, -0.15) is 0 Å². The predicted octanol–water partition coefficient (Wildman–Crippen LogP) is 1.06. The minimum Gasteiger partial charge on any atom is -0.492 e. The molecule has 1 aromatic rings. The zero-order chi connectivity index (χ0) is 13.5. The van der Waals surface area contributed by atoms with Crippen LogP contribution in [0.5, 0.6) is 5.75 Å². The molecular formula is C16H20N2O2. The van der Waals surface area contributed by atoms with Gasteiger partial charge >= 0.3 is 0 Å². The summed E-state index contributed by atoms with van der Waals surface area (Å²) in [5.74, 6) is 1.88. The van der Waals surface area contributed by atoms with E-state index >= 15 is 0 Å². The Hall–Kier alpha value is -1.55. The number of benzene rings is 1. The highest BCUT2D eigenvalue weighted by molar-refractivity contribution is 5.80. The molecule has 0 bridgehead atoms. The molecule has 4 nitrogen and oxygen atoms in total. The number of hydrogen-bond acceptors (Lipinski definition) is 3. The van der Waals surface area contributed by atoms with Gasteiger partial charge in [0.05, 0.1) is 5.92 Å². The summed E-state index contributed by atoms with van der Waals surface area (Å²) >= 11 is 0. The molecule has 0 radical (unpaired) electrons. The van der Waals surface area contributed by atoms with E-state index in [0.29, 0.717) is 18.6 Å². The lowest BCUT2D eigenvalue weighted by Gasteiger charge is -2.31. The lowest BCUT2D eigenvalue weighted by atomic mass is 9.95. The van der Waals surface area contributed by atoms with Crippen molar-refractivity contribution in [2.75, 3.05) is 26.2 Å². The molecule has 0 saturated carbocycles. The Morgan fingerprint density at radius 1 is 1.30 bits per heavy atom. The molecule has 1 N–H and O–H groups in total. The normalized spacial score (nSPS) is 31.6. The van der Waals surface area contributed by atoms with Gasteiger partial charge in [0.25, 0.3) is 0 Å². The van der Waals surface area contributed by atoms with E-state index in [1.54, 1.807) is 0 Å². The number of nitrogens with zero attached hydrogens (tertiary/aromatic N) is 1. The van der Waals surface area contributed by atoms with Gasteiger partial charge in [-0.15, -0.1) is 0 Å². The lowest BCUT2D eigenvalue weighted by molar-refractivity contribution is -0.137. The highest BCUT2D eigenvalue weighted by Gasteiger charge is 2.42. The molecule has 1 amide bonds. The number of carbonyl (C=O) groups is 1. The average Bonchev–Trinajstić information content (AvgIpc) is 3.09. The smallest absolute Gasteiger partial charge is 0.229 e. The molecule has 2 fully saturated rings. The van der Waals surface area contributed by atoms with Gasteiger partial charge in [-0.3, -0.25) is 4.79 Å². The molecule has 2 saturated heterocycles. The van der Waals surface area contributed by atoms with Crippen LogP contribution in [0.4, 0.5) is 0 Å². The van der Waals surface area contributed by atoms with Crippen LogP contribution in [0.25, 0.3) is 0 Å². The number of hydrogen-bond donors (Lipinski definition) is 1. The van der Waals surface area contributed by atoms with E-state index in [9.17, 15) is 4.79 Å². The second kappa shape index (κ2) is 4.77. The third-order valence-electron chi connectivity index (χ3n) is 4.96. The van der Waals surface area contributed by atoms with E-state index in [1.807, 2.05) is 18.2 Å². The molecule has 0 aliphatic carbocycles. The Balaban J connectivity index is 1.50. The molecule has 3 heterocycles. The van der Waals surface area contributed by atoms with E-state index in [4.69, 9.17) is 4.74 Å². The topological polar surface area (TPSA) is 41.6 Å². The first-order valence-electron chi connectivity index (χ1n) is 7.55. The molecular weight excluding hydrogens is 252 g/mol. The largest absolute Gasteiger partial charge is 0.492 e. The molecule has 1 aromatic carbocycles. The molecule has 1 unspecified atom stereocenters. The number of ether oxygens (including phenoxy) is 1. The molecule has 0 spiro atoms. The van der Waals surface area contributed by atoms with Crippen LogP contribution in [0, 0.1) is 11.8 Å². The Morgan fingerprint density at radius 2 is 2.20 bits per heavy atom. The van der Waals surface area contributed by atoms with Crippen molar-refractivity contribution in [1.82, 2.24) is 10.2 Å². The Morgan fingerprint density at radius 3 is 3.15 bits per heavy atom. The van der Waals surface area contributed by atoms with Gasteiger partial charge in [0.1, 0.15) is 12.4 Å². The average molecular weight is 272 g/mol. The maximum Gasteiger partial charge on any atom is 0.229 e. The summed E-state index contributed by atoms with van der Waals surface area (Å²) in [6.45, 7) is 3.48. The third kappa shape index (κ3) is 1.90. The van der Waals surface area contributed by atoms with Crippen molar-refractivity contribution in [3.8, 4) is 5.75 Å². The van der Waals surface area contributed by atoms with Gasteiger partial charge in [0, 0.05) is 25.7 Å². The lowest BCUT2D eigenvalue weighted by Crippen LogP contribution is -2.45. The fourth-order valence-electron chi connectivity index (χ4n) is 3.84. The number of likely N-dealkylation sites (tertiary alicyclic amines) is 1. The number of amides is 1. The summed E-state index contributed by atoms with van der Waals surface area (Å²) in [4.78, 5) is 14.9. The van der Waals surface area contributed by atoms with Crippen LogP contribution in [-0.4, -0.2) is 43.1 Å². The molecule has 106 valence electrons. The van der Waals surface area contributed by atoms with Gasteiger partial charge in [0.15, 0.2) is 0 Å². The molecule has 3 aliphatic rings. The van der Waals surface area contributed by atoms with Crippen LogP contribution in [0.15, 0.2) is 24.3 Å². The van der Waals surface area contributed by atoms with E-state index in [1.165, 1.54) is 0 Å². The van der Waals surface area contributed by atoms with Crippen LogP contribution < -0.4 is 10.1 Å². The Labute approximate surface area is 119 Å². The van der Waals surface area contributed by atoms with Gasteiger partial charge in [-0.1, -0.05) is 18.2 Å². The van der Waals surface area contributed by atoms with Crippen molar-refractivity contribution in [1.29, 1.82) is 0 Å². The first kappa shape index (κ1) is 12.2. The fraction of sp³-hybridized carbons (Fsp3) is 0.562. The minimum atomic E-state index is -0.00995. The zero-order valence-corrected chi connectivity index (χ0v) is 11.5. The van der Waals surface area contributed by atoms with Crippen LogP contribution in [-0.2, 0) is 11.2 Å². The highest BCUT2D eigenvalue weighted by atomic mass is 16.5. The van der Waals surface area contributed by atoms with Crippen LogP contribution in [0.3, 0.4) is 0 Å². The van der Waals surface area contributed by atoms with Crippen molar-refractivity contribution in [2.45, 2.75) is 18.9 Å². The highest BCUT2D eigenvalue weighted by Crippen LogP contribution is 2.32. The summed E-state index contributed by atoms with van der Waals surface area (Å²) in [6.07, 6.45) is 1.96. The van der Waals surface area contributed by atoms with Crippen molar-refractivity contribution in [3.63, 3.8) is 0 Å². The summed E-state index contributed by atoms with van der Waals surface area (Å²) in [6, 6.07) is 8.47. The summed E-state index contributed by atoms with van der Waals surface area (Å²) in [5, 5.41) is 3.40. The van der Waals surface area contributed by atoms with E-state index in [2.05, 4.69) is 16.3 Å². The first-order chi connectivity index (χ1) is 9.83. The molecule has 3 aliphatic heterocycles. The first-order valence-corrected chi connectivity index (χ1v) is 7.55.